The van der Waals surface area contributed by atoms with Crippen LogP contribution in [0.4, 0.5) is 4.39 Å². The van der Waals surface area contributed by atoms with Crippen LogP contribution in [-0.4, -0.2) is 20.8 Å². The molecule has 1 aromatic rings. The first-order valence-corrected chi connectivity index (χ1v) is 8.15. The van der Waals surface area contributed by atoms with E-state index in [9.17, 15) is 12.8 Å². The van der Waals surface area contributed by atoms with E-state index in [4.69, 9.17) is 15.4 Å². The number of halogens is 2. The second kappa shape index (κ2) is 6.95. The summed E-state index contributed by atoms with van der Waals surface area (Å²) in [5, 5.41) is 0. The van der Waals surface area contributed by atoms with Gasteiger partial charge < -0.3 is 4.74 Å². The minimum absolute atomic E-state index is 0.0216. The van der Waals surface area contributed by atoms with Gasteiger partial charge in [0.25, 0.3) is 0 Å². The highest BCUT2D eigenvalue weighted by Crippen LogP contribution is 2.14. The summed E-state index contributed by atoms with van der Waals surface area (Å²) < 4.78 is 39.6. The lowest BCUT2D eigenvalue weighted by Crippen LogP contribution is -2.08. The van der Waals surface area contributed by atoms with Crippen molar-refractivity contribution in [3.8, 4) is 5.75 Å². The second-order valence-electron chi connectivity index (χ2n) is 4.23. The minimum atomic E-state index is -3.41. The zero-order chi connectivity index (χ0) is 13.6. The smallest absolute Gasteiger partial charge is 0.232 e. The maximum atomic E-state index is 12.6. The maximum Gasteiger partial charge on any atom is 0.232 e. The molecule has 0 heterocycles. The summed E-state index contributed by atoms with van der Waals surface area (Å²) in [7, 11) is 1.72. The van der Waals surface area contributed by atoms with Crippen LogP contribution in [0.25, 0.3) is 0 Å². The molecule has 0 spiro atoms. The van der Waals surface area contributed by atoms with E-state index < -0.39 is 9.05 Å². The lowest BCUT2D eigenvalue weighted by molar-refractivity contribution is 0.281. The van der Waals surface area contributed by atoms with Crippen LogP contribution in [0, 0.1) is 11.7 Å². The van der Waals surface area contributed by atoms with E-state index in [-0.39, 0.29) is 17.5 Å². The van der Waals surface area contributed by atoms with Gasteiger partial charge >= 0.3 is 0 Å². The number of rotatable bonds is 7. The Morgan fingerprint density at radius 3 is 2.44 bits per heavy atom. The van der Waals surface area contributed by atoms with Gasteiger partial charge in [-0.1, -0.05) is 6.92 Å². The fourth-order valence-electron chi connectivity index (χ4n) is 1.40. The van der Waals surface area contributed by atoms with E-state index in [0.717, 1.165) is 6.42 Å². The Bertz CT molecular complexity index is 459. The average Bonchev–Trinajstić information content (AvgIpc) is 2.28. The summed E-state index contributed by atoms with van der Waals surface area (Å²) in [6.07, 6.45) is 1.24. The minimum Gasteiger partial charge on any atom is -0.494 e. The zero-order valence-electron chi connectivity index (χ0n) is 10.1. The van der Waals surface area contributed by atoms with Gasteiger partial charge in [0.05, 0.1) is 12.4 Å². The van der Waals surface area contributed by atoms with Gasteiger partial charge in [0.1, 0.15) is 11.6 Å². The van der Waals surface area contributed by atoms with Crippen LogP contribution in [0.1, 0.15) is 19.8 Å². The quantitative estimate of drug-likeness (QED) is 0.725. The molecule has 1 rings (SSSR count). The van der Waals surface area contributed by atoms with Crippen molar-refractivity contribution in [3.05, 3.63) is 30.1 Å². The fraction of sp³-hybridized carbons (Fsp3) is 0.500. The van der Waals surface area contributed by atoms with Crippen molar-refractivity contribution >= 4 is 19.7 Å². The molecule has 1 aromatic carbocycles. The van der Waals surface area contributed by atoms with Gasteiger partial charge in [0.2, 0.25) is 9.05 Å². The SMILES string of the molecule is CC(CCOc1ccc(F)cc1)CCS(=O)(=O)Cl. The van der Waals surface area contributed by atoms with E-state index in [1.165, 1.54) is 12.1 Å². The van der Waals surface area contributed by atoms with Crippen molar-refractivity contribution < 1.29 is 17.5 Å². The Labute approximate surface area is 111 Å². The molecule has 0 amide bonds. The highest BCUT2D eigenvalue weighted by molar-refractivity contribution is 8.13. The predicted molar refractivity (Wildman–Crippen MR) is 69.9 cm³/mol. The summed E-state index contributed by atoms with van der Waals surface area (Å²) in [4.78, 5) is 0. The molecule has 0 N–H and O–H groups in total. The Morgan fingerprint density at radius 1 is 1.28 bits per heavy atom. The molecule has 6 heteroatoms. The Balaban J connectivity index is 2.23. The van der Waals surface area contributed by atoms with Crippen molar-refractivity contribution in [1.82, 2.24) is 0 Å². The molecule has 0 saturated heterocycles. The third-order valence-corrected chi connectivity index (χ3v) is 3.73. The van der Waals surface area contributed by atoms with Gasteiger partial charge in [0, 0.05) is 10.7 Å². The molecule has 0 aliphatic carbocycles. The van der Waals surface area contributed by atoms with Crippen LogP contribution < -0.4 is 4.74 Å². The standard InChI is InChI=1S/C12H16ClFO3S/c1-10(7-9-18(13,15)16)6-8-17-12-4-2-11(14)3-5-12/h2-5,10H,6-9H2,1H3. The first-order valence-electron chi connectivity index (χ1n) is 5.67. The molecule has 0 saturated carbocycles. The summed E-state index contributed by atoms with van der Waals surface area (Å²) in [6, 6.07) is 5.78. The first-order chi connectivity index (χ1) is 8.37. The molecule has 0 radical (unpaired) electrons. The van der Waals surface area contributed by atoms with Gasteiger partial charge in [-0.3, -0.25) is 0 Å². The Morgan fingerprint density at radius 2 is 1.89 bits per heavy atom. The number of benzene rings is 1. The van der Waals surface area contributed by atoms with Crippen LogP contribution in [0.15, 0.2) is 24.3 Å². The molecule has 3 nitrogen and oxygen atoms in total. The average molecular weight is 295 g/mol. The van der Waals surface area contributed by atoms with Gasteiger partial charge in [-0.25, -0.2) is 12.8 Å². The normalized spacial score (nSPS) is 13.3. The molecule has 0 aromatic heterocycles. The van der Waals surface area contributed by atoms with Crippen LogP contribution in [0.3, 0.4) is 0 Å². The summed E-state index contributed by atoms with van der Waals surface area (Å²) in [5.74, 6) is 0.488. The molecular formula is C12H16ClFO3S. The lowest BCUT2D eigenvalue weighted by atomic mass is 10.1. The van der Waals surface area contributed by atoms with Gasteiger partial charge in [-0.2, -0.15) is 0 Å². The molecule has 102 valence electrons. The highest BCUT2D eigenvalue weighted by Gasteiger charge is 2.09. The van der Waals surface area contributed by atoms with Crippen LogP contribution in [0.2, 0.25) is 0 Å². The van der Waals surface area contributed by atoms with Crippen molar-refractivity contribution in [2.45, 2.75) is 19.8 Å². The maximum absolute atomic E-state index is 12.6. The van der Waals surface area contributed by atoms with Gasteiger partial charge in [-0.15, -0.1) is 0 Å². The molecule has 18 heavy (non-hydrogen) atoms. The van der Waals surface area contributed by atoms with E-state index >= 15 is 0 Å². The number of hydrogen-bond donors (Lipinski definition) is 0. The van der Waals surface area contributed by atoms with E-state index in [0.29, 0.717) is 18.8 Å². The van der Waals surface area contributed by atoms with Crippen molar-refractivity contribution in [1.29, 1.82) is 0 Å². The largest absolute Gasteiger partial charge is 0.494 e. The Hall–Kier alpha value is -0.810. The monoisotopic (exact) mass is 294 g/mol. The molecule has 0 bridgehead atoms. The lowest BCUT2D eigenvalue weighted by Gasteiger charge is -2.11. The summed E-state index contributed by atoms with van der Waals surface area (Å²) >= 11 is 0. The van der Waals surface area contributed by atoms with Crippen molar-refractivity contribution in [3.63, 3.8) is 0 Å². The zero-order valence-corrected chi connectivity index (χ0v) is 11.7. The van der Waals surface area contributed by atoms with E-state index in [1.54, 1.807) is 12.1 Å². The summed E-state index contributed by atoms with van der Waals surface area (Å²) in [5.41, 5.74) is 0. The highest BCUT2D eigenvalue weighted by atomic mass is 35.7. The molecular weight excluding hydrogens is 279 g/mol. The van der Waals surface area contributed by atoms with Crippen LogP contribution in [0.5, 0.6) is 5.75 Å². The Kier molecular flexibility index (Phi) is 5.88. The topological polar surface area (TPSA) is 43.4 Å². The molecule has 0 aliphatic heterocycles. The van der Waals surface area contributed by atoms with Crippen LogP contribution in [-0.2, 0) is 9.05 Å². The van der Waals surface area contributed by atoms with Crippen molar-refractivity contribution in [2.24, 2.45) is 5.92 Å². The molecule has 0 aliphatic rings. The number of hydrogen-bond acceptors (Lipinski definition) is 3. The summed E-state index contributed by atoms with van der Waals surface area (Å²) in [6.45, 7) is 2.41. The van der Waals surface area contributed by atoms with Gasteiger partial charge in [0.15, 0.2) is 0 Å². The number of ether oxygens (including phenoxy) is 1. The fourth-order valence-corrected chi connectivity index (χ4v) is 2.35. The third-order valence-electron chi connectivity index (χ3n) is 2.55. The van der Waals surface area contributed by atoms with Gasteiger partial charge in [-0.05, 0) is 43.0 Å². The first kappa shape index (κ1) is 15.2. The molecule has 0 fully saturated rings. The second-order valence-corrected chi connectivity index (χ2v) is 7.12. The molecule has 1 unspecified atom stereocenters. The van der Waals surface area contributed by atoms with E-state index in [2.05, 4.69) is 0 Å². The van der Waals surface area contributed by atoms with Crippen molar-refractivity contribution in [2.75, 3.05) is 12.4 Å². The predicted octanol–water partition coefficient (Wildman–Crippen LogP) is 3.19. The third kappa shape index (κ3) is 6.81. The van der Waals surface area contributed by atoms with E-state index in [1.807, 2.05) is 6.92 Å². The molecule has 1 atom stereocenters. The van der Waals surface area contributed by atoms with Crippen LogP contribution >= 0.6 is 10.7 Å².